The zero-order valence-electron chi connectivity index (χ0n) is 12.8. The summed E-state index contributed by atoms with van der Waals surface area (Å²) >= 11 is 12.1. The number of aryl methyl sites for hydroxylation is 1. The van der Waals surface area contributed by atoms with Crippen LogP contribution in [-0.4, -0.2) is 14.5 Å². The summed E-state index contributed by atoms with van der Waals surface area (Å²) in [6.07, 6.45) is 1.54. The minimum absolute atomic E-state index is 0.165. The van der Waals surface area contributed by atoms with Gasteiger partial charge in [0.25, 0.3) is 0 Å². The maximum atomic E-state index is 12.3. The highest BCUT2D eigenvalue weighted by Crippen LogP contribution is 2.26. The summed E-state index contributed by atoms with van der Waals surface area (Å²) in [5, 5.41) is 0.722. The standard InChI is InChI=1S/C17H19Cl2NO2S/c1-13(10-11-14-6-3-2-4-7-14)20-23(21,22)12-15-16(18)8-5-9-17(15)19/h2-9,13,20H,10-12H2,1H3/t13-/m0/s1. The van der Waals surface area contributed by atoms with Gasteiger partial charge in [0.2, 0.25) is 10.0 Å². The number of nitrogens with one attached hydrogen (secondary N) is 1. The zero-order valence-corrected chi connectivity index (χ0v) is 15.1. The SMILES string of the molecule is C[C@@H](CCc1ccccc1)NS(=O)(=O)Cc1c(Cl)cccc1Cl. The molecule has 3 nitrogen and oxygen atoms in total. The molecular formula is C17H19Cl2NO2S. The third-order valence-electron chi connectivity index (χ3n) is 3.49. The second-order valence-electron chi connectivity index (χ2n) is 5.50. The quantitative estimate of drug-likeness (QED) is 0.781. The Morgan fingerprint density at radius 3 is 2.22 bits per heavy atom. The van der Waals surface area contributed by atoms with Crippen molar-refractivity contribution >= 4 is 33.2 Å². The Hall–Kier alpha value is -1.07. The van der Waals surface area contributed by atoms with Crippen LogP contribution in [0.5, 0.6) is 0 Å². The Kier molecular flexibility index (Phi) is 6.48. The Balaban J connectivity index is 1.95. The van der Waals surface area contributed by atoms with Crippen molar-refractivity contribution in [2.75, 3.05) is 0 Å². The molecule has 0 unspecified atom stereocenters. The first-order chi connectivity index (χ1) is 10.9. The van der Waals surface area contributed by atoms with Gasteiger partial charge in [-0.3, -0.25) is 0 Å². The van der Waals surface area contributed by atoms with Crippen molar-refractivity contribution in [1.29, 1.82) is 0 Å². The van der Waals surface area contributed by atoms with Gasteiger partial charge in [-0.1, -0.05) is 59.6 Å². The molecule has 0 fully saturated rings. The molecule has 0 aromatic heterocycles. The van der Waals surface area contributed by atoms with Crippen molar-refractivity contribution in [2.24, 2.45) is 0 Å². The topological polar surface area (TPSA) is 46.2 Å². The monoisotopic (exact) mass is 371 g/mol. The molecule has 0 radical (unpaired) electrons. The van der Waals surface area contributed by atoms with Gasteiger partial charge in [-0.15, -0.1) is 0 Å². The first-order valence-electron chi connectivity index (χ1n) is 7.34. The molecule has 0 aliphatic heterocycles. The van der Waals surface area contributed by atoms with Crippen LogP contribution in [0.3, 0.4) is 0 Å². The summed E-state index contributed by atoms with van der Waals surface area (Å²) in [6, 6.07) is 14.8. The first kappa shape index (κ1) is 18.3. The Morgan fingerprint density at radius 1 is 1.00 bits per heavy atom. The third-order valence-corrected chi connectivity index (χ3v) is 5.62. The fourth-order valence-corrected chi connectivity index (χ4v) is 4.49. The van der Waals surface area contributed by atoms with Gasteiger partial charge in [0, 0.05) is 21.7 Å². The molecule has 2 aromatic carbocycles. The van der Waals surface area contributed by atoms with Crippen molar-refractivity contribution < 1.29 is 8.42 Å². The second kappa shape index (κ2) is 8.15. The van der Waals surface area contributed by atoms with Crippen LogP contribution >= 0.6 is 23.2 Å². The molecule has 2 rings (SSSR count). The average molecular weight is 372 g/mol. The highest BCUT2D eigenvalue weighted by Gasteiger charge is 2.18. The lowest BCUT2D eigenvalue weighted by molar-refractivity contribution is 0.546. The summed E-state index contributed by atoms with van der Waals surface area (Å²) in [5.41, 5.74) is 1.62. The van der Waals surface area contributed by atoms with Crippen LogP contribution in [0, 0.1) is 0 Å². The summed E-state index contributed by atoms with van der Waals surface area (Å²) in [7, 11) is -3.50. The van der Waals surface area contributed by atoms with E-state index >= 15 is 0 Å². The lowest BCUT2D eigenvalue weighted by Crippen LogP contribution is -2.34. The van der Waals surface area contributed by atoms with E-state index in [0.717, 1.165) is 12.8 Å². The number of hydrogen-bond donors (Lipinski definition) is 1. The molecule has 0 heterocycles. The molecule has 124 valence electrons. The van der Waals surface area contributed by atoms with E-state index in [1.807, 2.05) is 37.3 Å². The Labute approximate surface area is 147 Å². The van der Waals surface area contributed by atoms with Gasteiger partial charge in [0.1, 0.15) is 0 Å². The smallest absolute Gasteiger partial charge is 0.212 e. The molecule has 0 amide bonds. The zero-order chi connectivity index (χ0) is 16.9. The van der Waals surface area contributed by atoms with Gasteiger partial charge >= 0.3 is 0 Å². The summed E-state index contributed by atoms with van der Waals surface area (Å²) in [6.45, 7) is 1.86. The van der Waals surface area contributed by atoms with Gasteiger partial charge in [-0.05, 0) is 37.5 Å². The third kappa shape index (κ3) is 5.81. The second-order valence-corrected chi connectivity index (χ2v) is 8.07. The van der Waals surface area contributed by atoms with Crippen LogP contribution in [0.2, 0.25) is 10.0 Å². The van der Waals surface area contributed by atoms with E-state index in [1.54, 1.807) is 18.2 Å². The van der Waals surface area contributed by atoms with Crippen LogP contribution in [0.1, 0.15) is 24.5 Å². The molecule has 1 atom stereocenters. The van der Waals surface area contributed by atoms with E-state index in [-0.39, 0.29) is 11.8 Å². The molecule has 2 aromatic rings. The normalized spacial score (nSPS) is 13.0. The molecule has 23 heavy (non-hydrogen) atoms. The summed E-state index contributed by atoms with van der Waals surface area (Å²) in [4.78, 5) is 0. The minimum Gasteiger partial charge on any atom is -0.212 e. The first-order valence-corrected chi connectivity index (χ1v) is 9.75. The fourth-order valence-electron chi connectivity index (χ4n) is 2.30. The molecular weight excluding hydrogens is 353 g/mol. The van der Waals surface area contributed by atoms with E-state index in [0.29, 0.717) is 15.6 Å². The largest absolute Gasteiger partial charge is 0.216 e. The van der Waals surface area contributed by atoms with Gasteiger partial charge in [-0.2, -0.15) is 0 Å². The van der Waals surface area contributed by atoms with Crippen LogP contribution in [-0.2, 0) is 22.2 Å². The van der Waals surface area contributed by atoms with Crippen molar-refractivity contribution in [3.05, 3.63) is 69.7 Å². The lowest BCUT2D eigenvalue weighted by atomic mass is 10.1. The van der Waals surface area contributed by atoms with Crippen molar-refractivity contribution in [2.45, 2.75) is 31.6 Å². The predicted octanol–water partition coefficient (Wildman–Crippen LogP) is 4.43. The highest BCUT2D eigenvalue weighted by molar-refractivity contribution is 7.88. The average Bonchev–Trinajstić information content (AvgIpc) is 2.50. The van der Waals surface area contributed by atoms with Crippen molar-refractivity contribution in [3.63, 3.8) is 0 Å². The minimum atomic E-state index is -3.50. The van der Waals surface area contributed by atoms with Gasteiger partial charge in [0.15, 0.2) is 0 Å². The number of halogens is 2. The predicted molar refractivity (Wildman–Crippen MR) is 96.4 cm³/mol. The van der Waals surface area contributed by atoms with E-state index in [1.165, 1.54) is 5.56 Å². The Bertz CT molecular complexity index is 728. The molecule has 6 heteroatoms. The molecule has 1 N–H and O–H groups in total. The van der Waals surface area contributed by atoms with Crippen molar-refractivity contribution in [3.8, 4) is 0 Å². The van der Waals surface area contributed by atoms with Crippen LogP contribution in [0.15, 0.2) is 48.5 Å². The summed E-state index contributed by atoms with van der Waals surface area (Å²) < 4.78 is 27.3. The lowest BCUT2D eigenvalue weighted by Gasteiger charge is -2.15. The maximum Gasteiger partial charge on any atom is 0.216 e. The van der Waals surface area contributed by atoms with E-state index in [9.17, 15) is 8.42 Å². The molecule has 0 spiro atoms. The molecule has 0 aliphatic rings. The number of benzene rings is 2. The Morgan fingerprint density at radius 2 is 1.61 bits per heavy atom. The molecule has 0 saturated heterocycles. The van der Waals surface area contributed by atoms with Crippen molar-refractivity contribution in [1.82, 2.24) is 4.72 Å². The van der Waals surface area contributed by atoms with Gasteiger partial charge < -0.3 is 0 Å². The summed E-state index contributed by atoms with van der Waals surface area (Å²) in [5.74, 6) is -0.221. The van der Waals surface area contributed by atoms with Gasteiger partial charge in [-0.25, -0.2) is 13.1 Å². The van der Waals surface area contributed by atoms with E-state index < -0.39 is 10.0 Å². The van der Waals surface area contributed by atoms with E-state index in [2.05, 4.69) is 4.72 Å². The molecule has 0 saturated carbocycles. The number of hydrogen-bond acceptors (Lipinski definition) is 2. The number of sulfonamides is 1. The van der Waals surface area contributed by atoms with Crippen LogP contribution in [0.25, 0.3) is 0 Å². The molecule has 0 aliphatic carbocycles. The number of rotatable bonds is 7. The highest BCUT2D eigenvalue weighted by atomic mass is 35.5. The van der Waals surface area contributed by atoms with Gasteiger partial charge in [0.05, 0.1) is 5.75 Å². The maximum absolute atomic E-state index is 12.3. The van der Waals surface area contributed by atoms with Crippen LogP contribution < -0.4 is 4.72 Å². The van der Waals surface area contributed by atoms with E-state index in [4.69, 9.17) is 23.2 Å². The fraction of sp³-hybridized carbons (Fsp3) is 0.294. The molecule has 0 bridgehead atoms. The van der Waals surface area contributed by atoms with Crippen LogP contribution in [0.4, 0.5) is 0 Å².